The highest BCUT2D eigenvalue weighted by Gasteiger charge is 2.32. The second-order valence-corrected chi connectivity index (χ2v) is 7.57. The second-order valence-electron chi connectivity index (χ2n) is 5.77. The fraction of sp³-hybridized carbons (Fsp3) is 0.600. The molecule has 3 heterocycles. The third-order valence-electron chi connectivity index (χ3n) is 4.29. The van der Waals surface area contributed by atoms with Gasteiger partial charge in [0.25, 0.3) is 0 Å². The maximum atomic E-state index is 12.4. The van der Waals surface area contributed by atoms with Gasteiger partial charge in [-0.2, -0.15) is 0 Å². The average Bonchev–Trinajstić information content (AvgIpc) is 3.13. The van der Waals surface area contributed by atoms with Crippen molar-refractivity contribution in [3.63, 3.8) is 0 Å². The van der Waals surface area contributed by atoms with Crippen molar-refractivity contribution in [2.24, 2.45) is 0 Å². The molecule has 1 aromatic rings. The van der Waals surface area contributed by atoms with E-state index < -0.39 is 0 Å². The van der Waals surface area contributed by atoms with E-state index in [9.17, 15) is 9.59 Å². The summed E-state index contributed by atoms with van der Waals surface area (Å²) in [6, 6.07) is 4.02. The van der Waals surface area contributed by atoms with Crippen LogP contribution in [0.2, 0.25) is 4.34 Å². The third-order valence-corrected chi connectivity index (χ3v) is 5.58. The van der Waals surface area contributed by atoms with E-state index in [1.165, 1.54) is 11.3 Å². The maximum Gasteiger partial charge on any atom is 0.317 e. The van der Waals surface area contributed by atoms with E-state index in [0.29, 0.717) is 19.5 Å². The fourth-order valence-corrected chi connectivity index (χ4v) is 4.23. The molecule has 2 aliphatic rings. The van der Waals surface area contributed by atoms with Crippen LogP contribution < -0.4 is 5.32 Å². The summed E-state index contributed by atoms with van der Waals surface area (Å²) in [5.41, 5.74) is 0. The zero-order valence-electron chi connectivity index (χ0n) is 12.4. The number of nitrogens with one attached hydrogen (secondary N) is 1. The minimum absolute atomic E-state index is 0.00697. The van der Waals surface area contributed by atoms with Crippen molar-refractivity contribution in [2.45, 2.75) is 31.7 Å². The Balaban J connectivity index is 1.52. The van der Waals surface area contributed by atoms with Crippen LogP contribution >= 0.6 is 22.9 Å². The molecule has 0 bridgehead atoms. The largest absolute Gasteiger partial charge is 0.341 e. The van der Waals surface area contributed by atoms with Crippen molar-refractivity contribution < 1.29 is 9.59 Å². The summed E-state index contributed by atoms with van der Waals surface area (Å²) < 4.78 is 0.764. The second kappa shape index (κ2) is 6.87. The van der Waals surface area contributed by atoms with E-state index in [1.54, 1.807) is 0 Å². The first-order valence-electron chi connectivity index (χ1n) is 7.70. The van der Waals surface area contributed by atoms with Gasteiger partial charge in [-0.15, -0.1) is 11.3 Å². The van der Waals surface area contributed by atoms with Crippen LogP contribution in [0.3, 0.4) is 0 Å². The number of halogens is 1. The van der Waals surface area contributed by atoms with Crippen LogP contribution in [0.4, 0.5) is 4.79 Å². The van der Waals surface area contributed by atoms with Crippen molar-refractivity contribution >= 4 is 34.9 Å². The highest BCUT2D eigenvalue weighted by Crippen LogP contribution is 2.23. The van der Waals surface area contributed by atoms with Gasteiger partial charge in [-0.25, -0.2) is 4.79 Å². The lowest BCUT2D eigenvalue weighted by atomic mass is 10.0. The summed E-state index contributed by atoms with van der Waals surface area (Å²) in [4.78, 5) is 29.1. The number of amides is 3. The molecule has 2 fully saturated rings. The number of urea groups is 1. The Hall–Kier alpha value is -1.27. The molecule has 2 aliphatic heterocycles. The Labute approximate surface area is 139 Å². The van der Waals surface area contributed by atoms with Gasteiger partial charge >= 0.3 is 6.03 Å². The zero-order chi connectivity index (χ0) is 15.5. The van der Waals surface area contributed by atoms with Gasteiger partial charge in [0.15, 0.2) is 0 Å². The molecule has 1 aromatic heterocycles. The molecule has 0 unspecified atom stereocenters. The van der Waals surface area contributed by atoms with E-state index >= 15 is 0 Å². The molecule has 1 atom stereocenters. The van der Waals surface area contributed by atoms with Gasteiger partial charge in [-0.05, 0) is 31.4 Å². The van der Waals surface area contributed by atoms with Crippen LogP contribution in [0.1, 0.15) is 24.1 Å². The van der Waals surface area contributed by atoms with Crippen molar-refractivity contribution in [2.75, 3.05) is 26.2 Å². The number of thiophene rings is 1. The van der Waals surface area contributed by atoms with Crippen molar-refractivity contribution in [1.82, 2.24) is 15.1 Å². The Morgan fingerprint density at radius 2 is 2.27 bits per heavy atom. The molecule has 0 radical (unpaired) electrons. The van der Waals surface area contributed by atoms with Gasteiger partial charge in [0.1, 0.15) is 0 Å². The predicted octanol–water partition coefficient (Wildman–Crippen LogP) is 2.35. The monoisotopic (exact) mass is 341 g/mol. The SMILES string of the molecule is O=C(CCc1ccc(Cl)s1)N1CCC[C@H](N2CCNC2=O)C1. The molecule has 0 aromatic carbocycles. The highest BCUT2D eigenvalue weighted by molar-refractivity contribution is 7.16. The number of hydrogen-bond donors (Lipinski definition) is 1. The number of rotatable bonds is 4. The Kier molecular flexibility index (Phi) is 4.88. The lowest BCUT2D eigenvalue weighted by Crippen LogP contribution is -2.50. The standard InChI is InChI=1S/C15H20ClN3O2S/c16-13-5-3-12(22-13)4-6-14(20)18-8-1-2-11(10-18)19-9-7-17-15(19)21/h3,5,11H,1-2,4,6-10H2,(H,17,21)/t11-/m0/s1. The number of likely N-dealkylation sites (tertiary alicyclic amines) is 1. The molecule has 0 saturated carbocycles. The number of nitrogens with zero attached hydrogens (tertiary/aromatic N) is 2. The highest BCUT2D eigenvalue weighted by atomic mass is 35.5. The van der Waals surface area contributed by atoms with Gasteiger partial charge in [0.2, 0.25) is 5.91 Å². The van der Waals surface area contributed by atoms with Gasteiger partial charge in [-0.1, -0.05) is 11.6 Å². The van der Waals surface area contributed by atoms with E-state index in [1.807, 2.05) is 21.9 Å². The van der Waals surface area contributed by atoms with Crippen LogP contribution in [0, 0.1) is 0 Å². The molecule has 1 N–H and O–H groups in total. The molecule has 0 spiro atoms. The quantitative estimate of drug-likeness (QED) is 0.914. The van der Waals surface area contributed by atoms with Crippen LogP contribution in [0.15, 0.2) is 12.1 Å². The molecule has 0 aliphatic carbocycles. The molecular weight excluding hydrogens is 322 g/mol. The first-order chi connectivity index (χ1) is 10.6. The molecule has 5 nitrogen and oxygen atoms in total. The summed E-state index contributed by atoms with van der Waals surface area (Å²) >= 11 is 7.44. The summed E-state index contributed by atoms with van der Waals surface area (Å²) in [6.07, 6.45) is 3.19. The number of piperidine rings is 1. The first kappa shape index (κ1) is 15.6. The predicted molar refractivity (Wildman–Crippen MR) is 87.4 cm³/mol. The normalized spacial score (nSPS) is 22.0. The smallest absolute Gasteiger partial charge is 0.317 e. The van der Waals surface area contributed by atoms with Crippen LogP contribution in [-0.4, -0.2) is 54.0 Å². The van der Waals surface area contributed by atoms with E-state index in [2.05, 4.69) is 5.32 Å². The van der Waals surface area contributed by atoms with Gasteiger partial charge in [0.05, 0.1) is 10.4 Å². The summed E-state index contributed by atoms with van der Waals surface area (Å²) in [7, 11) is 0. The molecular formula is C15H20ClN3O2S. The Bertz CT molecular complexity index is 563. The molecule has 120 valence electrons. The van der Waals surface area contributed by atoms with Gasteiger partial charge < -0.3 is 15.1 Å². The topological polar surface area (TPSA) is 52.7 Å². The number of aryl methyl sites for hydroxylation is 1. The van der Waals surface area contributed by atoms with Crippen molar-refractivity contribution in [3.05, 3.63) is 21.3 Å². The lowest BCUT2D eigenvalue weighted by Gasteiger charge is -2.37. The molecule has 3 rings (SSSR count). The molecule has 7 heteroatoms. The number of hydrogen-bond acceptors (Lipinski definition) is 3. The number of carbonyl (C=O) groups is 2. The molecule has 3 amide bonds. The van der Waals surface area contributed by atoms with Crippen LogP contribution in [0.5, 0.6) is 0 Å². The first-order valence-corrected chi connectivity index (χ1v) is 8.89. The summed E-state index contributed by atoms with van der Waals surface area (Å²) in [6.45, 7) is 2.93. The van der Waals surface area contributed by atoms with Gasteiger partial charge in [0, 0.05) is 37.5 Å². The maximum absolute atomic E-state index is 12.4. The van der Waals surface area contributed by atoms with Gasteiger partial charge in [-0.3, -0.25) is 4.79 Å². The Morgan fingerprint density at radius 3 is 2.95 bits per heavy atom. The molecule has 22 heavy (non-hydrogen) atoms. The zero-order valence-corrected chi connectivity index (χ0v) is 14.0. The van der Waals surface area contributed by atoms with Crippen molar-refractivity contribution in [3.8, 4) is 0 Å². The molecule has 2 saturated heterocycles. The van der Waals surface area contributed by atoms with Crippen molar-refractivity contribution in [1.29, 1.82) is 0 Å². The minimum Gasteiger partial charge on any atom is -0.341 e. The van der Waals surface area contributed by atoms with Crippen LogP contribution in [-0.2, 0) is 11.2 Å². The summed E-state index contributed by atoms with van der Waals surface area (Å²) in [5, 5.41) is 2.83. The fourth-order valence-electron chi connectivity index (χ4n) is 3.14. The van der Waals surface area contributed by atoms with E-state index in [4.69, 9.17) is 11.6 Å². The van der Waals surface area contributed by atoms with E-state index in [0.717, 1.165) is 41.6 Å². The Morgan fingerprint density at radius 1 is 1.41 bits per heavy atom. The average molecular weight is 342 g/mol. The van der Waals surface area contributed by atoms with E-state index in [-0.39, 0.29) is 18.0 Å². The minimum atomic E-state index is 0.00697. The number of carbonyl (C=O) groups excluding carboxylic acids is 2. The summed E-state index contributed by atoms with van der Waals surface area (Å²) in [5.74, 6) is 0.175. The van der Waals surface area contributed by atoms with Crippen LogP contribution in [0.25, 0.3) is 0 Å². The lowest BCUT2D eigenvalue weighted by molar-refractivity contribution is -0.133. The third kappa shape index (κ3) is 3.55.